The lowest BCUT2D eigenvalue weighted by atomic mass is 9.84. The number of methoxy groups -OCH3 is 1. The van der Waals surface area contributed by atoms with E-state index in [1.165, 1.54) is 0 Å². The van der Waals surface area contributed by atoms with Crippen molar-refractivity contribution in [1.82, 2.24) is 0 Å². The van der Waals surface area contributed by atoms with Crippen molar-refractivity contribution in [3.63, 3.8) is 0 Å². The van der Waals surface area contributed by atoms with E-state index in [0.717, 1.165) is 17.5 Å². The highest BCUT2D eigenvalue weighted by Crippen LogP contribution is 2.27. The molecular weight excluding hydrogens is 330 g/mol. The van der Waals surface area contributed by atoms with E-state index in [1.54, 1.807) is 7.11 Å². The van der Waals surface area contributed by atoms with E-state index in [1.807, 2.05) is 45.0 Å². The maximum atomic E-state index is 12.4. The van der Waals surface area contributed by atoms with Crippen molar-refractivity contribution < 1.29 is 14.3 Å². The molecule has 0 radical (unpaired) electrons. The molecule has 25 heavy (non-hydrogen) atoms. The van der Waals surface area contributed by atoms with Crippen LogP contribution in [0.15, 0.2) is 24.3 Å². The van der Waals surface area contributed by atoms with Gasteiger partial charge in [0.25, 0.3) is 0 Å². The molecule has 1 N–H and O–H groups in total. The Kier molecular flexibility index (Phi) is 7.56. The molecule has 1 unspecified atom stereocenters. The third-order valence-electron chi connectivity index (χ3n) is 3.79. The van der Waals surface area contributed by atoms with Crippen molar-refractivity contribution in [3.05, 3.63) is 24.3 Å². The van der Waals surface area contributed by atoms with Gasteiger partial charge in [-0.3, -0.25) is 4.79 Å². The number of anilines is 1. The summed E-state index contributed by atoms with van der Waals surface area (Å²) in [5.74, 6) is 7.10. The zero-order chi connectivity index (χ0) is 19.1. The lowest BCUT2D eigenvalue weighted by Crippen LogP contribution is -2.42. The molecule has 0 amide bonds. The van der Waals surface area contributed by atoms with E-state index in [2.05, 4.69) is 36.8 Å². The van der Waals surface area contributed by atoms with Gasteiger partial charge in [0.1, 0.15) is 11.8 Å². The fourth-order valence-electron chi connectivity index (χ4n) is 2.10. The van der Waals surface area contributed by atoms with Crippen molar-refractivity contribution in [3.8, 4) is 17.6 Å². The number of carbonyl (C=O) groups excluding carboxylic acids is 1. The van der Waals surface area contributed by atoms with Crippen LogP contribution in [0.25, 0.3) is 0 Å². The Bertz CT molecular complexity index is 621. The molecule has 0 spiro atoms. The molecule has 0 bridgehead atoms. The minimum Gasteiger partial charge on any atom is -0.497 e. The molecule has 1 atom stereocenters. The number of rotatable bonds is 7. The molecule has 0 aromatic heterocycles. The van der Waals surface area contributed by atoms with Gasteiger partial charge in [-0.1, -0.05) is 25.6 Å². The van der Waals surface area contributed by atoms with Crippen LogP contribution in [-0.4, -0.2) is 33.8 Å². The van der Waals surface area contributed by atoms with Crippen LogP contribution in [0.2, 0.25) is 25.7 Å². The van der Waals surface area contributed by atoms with Crippen LogP contribution < -0.4 is 10.1 Å². The Hall–Kier alpha value is -1.93. The van der Waals surface area contributed by atoms with Gasteiger partial charge in [-0.2, -0.15) is 0 Å². The number of benzene rings is 1. The second-order valence-electron chi connectivity index (χ2n) is 7.81. The highest BCUT2D eigenvalue weighted by molar-refractivity contribution is 6.76. The Morgan fingerprint density at radius 3 is 2.32 bits per heavy atom. The highest BCUT2D eigenvalue weighted by atomic mass is 28.3. The predicted molar refractivity (Wildman–Crippen MR) is 107 cm³/mol. The van der Waals surface area contributed by atoms with Crippen LogP contribution in [0, 0.1) is 17.3 Å². The number of hydrogen-bond donors (Lipinski definition) is 1. The lowest BCUT2D eigenvalue weighted by molar-refractivity contribution is -0.153. The van der Waals surface area contributed by atoms with Gasteiger partial charge in [0.05, 0.1) is 27.2 Å². The van der Waals surface area contributed by atoms with Crippen molar-refractivity contribution in [1.29, 1.82) is 0 Å². The average molecular weight is 362 g/mol. The Morgan fingerprint density at radius 1 is 1.24 bits per heavy atom. The lowest BCUT2D eigenvalue weighted by Gasteiger charge is -2.30. The van der Waals surface area contributed by atoms with Gasteiger partial charge in [-0.15, -0.1) is 5.92 Å². The quantitative estimate of drug-likeness (QED) is 0.444. The van der Waals surface area contributed by atoms with Crippen LogP contribution >= 0.6 is 0 Å². The van der Waals surface area contributed by atoms with E-state index in [9.17, 15) is 4.79 Å². The maximum Gasteiger partial charge on any atom is 0.314 e. The largest absolute Gasteiger partial charge is 0.497 e. The van der Waals surface area contributed by atoms with Gasteiger partial charge in [0.2, 0.25) is 0 Å². The van der Waals surface area contributed by atoms with Gasteiger partial charge < -0.3 is 14.8 Å². The third kappa shape index (κ3) is 6.83. The molecule has 0 fully saturated rings. The zero-order valence-electron chi connectivity index (χ0n) is 16.5. The van der Waals surface area contributed by atoms with Crippen LogP contribution in [0.1, 0.15) is 20.8 Å². The van der Waals surface area contributed by atoms with Crippen molar-refractivity contribution in [2.75, 3.05) is 19.0 Å². The topological polar surface area (TPSA) is 47.6 Å². The standard InChI is InChI=1S/C20H31NO3Si/c1-8-24-19(22)20(2,3)18(10-9-15-25(5,6)7)21-16-11-13-17(23-4)14-12-16/h11-14,18,21H,8,15H2,1-7H3. The number of carbonyl (C=O) groups is 1. The van der Waals surface area contributed by atoms with Gasteiger partial charge in [0, 0.05) is 11.7 Å². The van der Waals surface area contributed by atoms with Crippen LogP contribution in [0.5, 0.6) is 5.75 Å². The summed E-state index contributed by atoms with van der Waals surface area (Å²) in [7, 11) is 0.372. The number of nitrogens with one attached hydrogen (secondary N) is 1. The predicted octanol–water partition coefficient (Wildman–Crippen LogP) is 4.41. The number of ether oxygens (including phenoxy) is 2. The molecule has 0 saturated heterocycles. The third-order valence-corrected chi connectivity index (χ3v) is 5.03. The van der Waals surface area contributed by atoms with Gasteiger partial charge in [-0.25, -0.2) is 0 Å². The molecule has 5 heteroatoms. The first-order chi connectivity index (χ1) is 11.6. The van der Waals surface area contributed by atoms with Gasteiger partial charge >= 0.3 is 5.97 Å². The SMILES string of the molecule is CCOC(=O)C(C)(C)C(C#CC[Si](C)(C)C)Nc1ccc(OC)cc1. The normalized spacial score (nSPS) is 12.6. The first-order valence-corrected chi connectivity index (χ1v) is 12.4. The van der Waals surface area contributed by atoms with Crippen molar-refractivity contribution in [2.45, 2.75) is 52.5 Å². The second-order valence-corrected chi connectivity index (χ2v) is 13.3. The van der Waals surface area contributed by atoms with Gasteiger partial charge in [0.15, 0.2) is 0 Å². The molecule has 0 heterocycles. The molecule has 1 aromatic carbocycles. The number of esters is 1. The second kappa shape index (κ2) is 8.96. The molecule has 0 saturated carbocycles. The molecule has 0 aliphatic rings. The minimum absolute atomic E-state index is 0.247. The summed E-state index contributed by atoms with van der Waals surface area (Å²) in [5.41, 5.74) is 0.132. The molecule has 0 aliphatic heterocycles. The molecule has 0 aliphatic carbocycles. The van der Waals surface area contributed by atoms with E-state index in [-0.39, 0.29) is 12.0 Å². The van der Waals surface area contributed by atoms with Crippen molar-refractivity contribution in [2.24, 2.45) is 5.41 Å². The van der Waals surface area contributed by atoms with Crippen LogP contribution in [0.3, 0.4) is 0 Å². The fourth-order valence-corrected chi connectivity index (χ4v) is 2.74. The van der Waals surface area contributed by atoms with E-state index in [0.29, 0.717) is 6.61 Å². The average Bonchev–Trinajstić information content (AvgIpc) is 2.53. The molecule has 138 valence electrons. The molecule has 1 aromatic rings. The first kappa shape index (κ1) is 21.1. The highest BCUT2D eigenvalue weighted by Gasteiger charge is 2.37. The zero-order valence-corrected chi connectivity index (χ0v) is 17.5. The maximum absolute atomic E-state index is 12.4. The van der Waals surface area contributed by atoms with E-state index in [4.69, 9.17) is 9.47 Å². The van der Waals surface area contributed by atoms with Crippen molar-refractivity contribution >= 4 is 19.7 Å². The summed E-state index contributed by atoms with van der Waals surface area (Å²) in [6.45, 7) is 12.8. The summed E-state index contributed by atoms with van der Waals surface area (Å²) in [4.78, 5) is 12.4. The first-order valence-electron chi connectivity index (χ1n) is 8.66. The Morgan fingerprint density at radius 2 is 1.84 bits per heavy atom. The van der Waals surface area contributed by atoms with Gasteiger partial charge in [-0.05, 0) is 45.0 Å². The van der Waals surface area contributed by atoms with E-state index < -0.39 is 13.5 Å². The summed E-state index contributed by atoms with van der Waals surface area (Å²) < 4.78 is 10.4. The monoisotopic (exact) mass is 361 g/mol. The van der Waals surface area contributed by atoms with Crippen LogP contribution in [-0.2, 0) is 9.53 Å². The van der Waals surface area contributed by atoms with Crippen LogP contribution in [0.4, 0.5) is 5.69 Å². The van der Waals surface area contributed by atoms with E-state index >= 15 is 0 Å². The summed E-state index contributed by atoms with van der Waals surface area (Å²) >= 11 is 0. The number of hydrogen-bond acceptors (Lipinski definition) is 4. The summed E-state index contributed by atoms with van der Waals surface area (Å²) in [6, 6.07) is 8.17. The Labute approximate surface area is 153 Å². The Balaban J connectivity index is 3.06. The molecular formula is C20H31NO3Si. The molecule has 4 nitrogen and oxygen atoms in total. The summed E-state index contributed by atoms with van der Waals surface area (Å²) in [6.07, 6.45) is 0. The fraction of sp³-hybridized carbons (Fsp3) is 0.550. The minimum atomic E-state index is -1.26. The smallest absolute Gasteiger partial charge is 0.314 e. The summed E-state index contributed by atoms with van der Waals surface area (Å²) in [5, 5.41) is 3.38. The molecule has 1 rings (SSSR count).